The fourth-order valence-corrected chi connectivity index (χ4v) is 4.79. The van der Waals surface area contributed by atoms with Crippen LogP contribution in [0.15, 0.2) is 36.4 Å². The zero-order valence-corrected chi connectivity index (χ0v) is 20.2. The molecule has 1 aromatic heterocycles. The molecule has 0 unspecified atom stereocenters. The molecule has 7 nitrogen and oxygen atoms in total. The van der Waals surface area contributed by atoms with Crippen molar-refractivity contribution in [3.05, 3.63) is 47.8 Å². The summed E-state index contributed by atoms with van der Waals surface area (Å²) in [6.07, 6.45) is 0.746. The summed E-state index contributed by atoms with van der Waals surface area (Å²) < 4.78 is 31.2. The summed E-state index contributed by atoms with van der Waals surface area (Å²) in [5.74, 6) is 0.180. The maximum absolute atomic E-state index is 14.3. The fourth-order valence-electron chi connectivity index (χ4n) is 3.78. The lowest BCUT2D eigenvalue weighted by Gasteiger charge is -2.28. The van der Waals surface area contributed by atoms with Crippen LogP contribution in [0.3, 0.4) is 0 Å². The number of halogens is 2. The molecule has 1 fully saturated rings. The molecule has 4 rings (SSSR count). The van der Waals surface area contributed by atoms with Gasteiger partial charge in [-0.3, -0.25) is 14.6 Å². The van der Waals surface area contributed by atoms with E-state index in [0.29, 0.717) is 33.4 Å². The summed E-state index contributed by atoms with van der Waals surface area (Å²) in [7, 11) is 3.03. The van der Waals surface area contributed by atoms with Crippen molar-refractivity contribution in [2.45, 2.75) is 6.42 Å². The van der Waals surface area contributed by atoms with Gasteiger partial charge in [-0.1, -0.05) is 23.5 Å². The molecule has 3 aromatic rings. The van der Waals surface area contributed by atoms with E-state index in [0.717, 1.165) is 39.3 Å². The van der Waals surface area contributed by atoms with E-state index in [1.807, 2.05) is 6.07 Å². The van der Waals surface area contributed by atoms with Gasteiger partial charge < -0.3 is 14.2 Å². The SMILES string of the molecule is COc1cccc(C(=O)N(CCCN2CCOCC2)c2nc3c(F)cccc3s2)c1OC.Cl. The van der Waals surface area contributed by atoms with Crippen LogP contribution in [0.1, 0.15) is 16.8 Å². The van der Waals surface area contributed by atoms with Gasteiger partial charge in [0, 0.05) is 26.2 Å². The molecule has 10 heteroatoms. The second kappa shape index (κ2) is 11.6. The molecule has 0 bridgehead atoms. The Morgan fingerprint density at radius 1 is 1.18 bits per heavy atom. The zero-order chi connectivity index (χ0) is 22.5. The maximum Gasteiger partial charge on any atom is 0.263 e. The van der Waals surface area contributed by atoms with E-state index in [1.165, 1.54) is 31.6 Å². The number of benzene rings is 2. The number of hydrogen-bond acceptors (Lipinski definition) is 7. The number of morpholine rings is 1. The Kier molecular flexibility index (Phi) is 8.85. The normalized spacial score (nSPS) is 14.0. The van der Waals surface area contributed by atoms with Gasteiger partial charge in [-0.05, 0) is 30.7 Å². The number of hydrogen-bond donors (Lipinski definition) is 0. The van der Waals surface area contributed by atoms with E-state index in [1.54, 1.807) is 29.2 Å². The molecule has 1 amide bonds. The first-order valence-corrected chi connectivity index (χ1v) is 11.3. The topological polar surface area (TPSA) is 64.1 Å². The maximum atomic E-state index is 14.3. The summed E-state index contributed by atoms with van der Waals surface area (Å²) in [4.78, 5) is 22.1. The Morgan fingerprint density at radius 2 is 1.94 bits per heavy atom. The third-order valence-electron chi connectivity index (χ3n) is 5.43. The number of aromatic nitrogens is 1. The number of nitrogens with zero attached hydrogens (tertiary/aromatic N) is 3. The van der Waals surface area contributed by atoms with Gasteiger partial charge in [-0.2, -0.15) is 0 Å². The molecule has 1 aliphatic heterocycles. The van der Waals surface area contributed by atoms with Crippen molar-refractivity contribution in [1.82, 2.24) is 9.88 Å². The van der Waals surface area contributed by atoms with E-state index in [2.05, 4.69) is 9.88 Å². The van der Waals surface area contributed by atoms with E-state index in [4.69, 9.17) is 14.2 Å². The predicted octanol–water partition coefficient (Wildman–Crippen LogP) is 4.24. The highest BCUT2D eigenvalue weighted by molar-refractivity contribution is 7.22. The summed E-state index contributed by atoms with van der Waals surface area (Å²) in [6.45, 7) is 4.48. The predicted molar refractivity (Wildman–Crippen MR) is 130 cm³/mol. The van der Waals surface area contributed by atoms with Crippen molar-refractivity contribution in [3.63, 3.8) is 0 Å². The van der Waals surface area contributed by atoms with Gasteiger partial charge in [-0.25, -0.2) is 9.37 Å². The summed E-state index contributed by atoms with van der Waals surface area (Å²) in [6, 6.07) is 10.0. The van der Waals surface area contributed by atoms with Crippen molar-refractivity contribution in [3.8, 4) is 11.5 Å². The molecule has 2 aromatic carbocycles. The van der Waals surface area contributed by atoms with Crippen molar-refractivity contribution in [2.75, 3.05) is 58.5 Å². The van der Waals surface area contributed by atoms with Gasteiger partial charge >= 0.3 is 0 Å². The molecule has 0 atom stereocenters. The number of ether oxygens (including phenoxy) is 3. The first-order valence-electron chi connectivity index (χ1n) is 10.5. The average Bonchev–Trinajstić information content (AvgIpc) is 3.27. The van der Waals surface area contributed by atoms with Crippen molar-refractivity contribution in [2.24, 2.45) is 0 Å². The quantitative estimate of drug-likeness (QED) is 0.465. The van der Waals surface area contributed by atoms with Crippen LogP contribution >= 0.6 is 23.7 Å². The van der Waals surface area contributed by atoms with Crippen LogP contribution in [0.4, 0.5) is 9.52 Å². The van der Waals surface area contributed by atoms with Gasteiger partial charge in [0.15, 0.2) is 16.6 Å². The second-order valence-electron chi connectivity index (χ2n) is 7.39. The van der Waals surface area contributed by atoms with Gasteiger partial charge in [0.1, 0.15) is 11.3 Å². The lowest BCUT2D eigenvalue weighted by atomic mass is 10.1. The lowest BCUT2D eigenvalue weighted by molar-refractivity contribution is 0.0376. The molecule has 0 spiro atoms. The zero-order valence-electron chi connectivity index (χ0n) is 18.6. The number of carbonyl (C=O) groups is 1. The minimum atomic E-state index is -0.398. The van der Waals surface area contributed by atoms with Gasteiger partial charge in [0.25, 0.3) is 5.91 Å². The number of methoxy groups -OCH3 is 2. The number of para-hydroxylation sites is 2. The largest absolute Gasteiger partial charge is 0.493 e. The van der Waals surface area contributed by atoms with Gasteiger partial charge in [0.05, 0.1) is 37.7 Å². The first kappa shape index (κ1) is 25.2. The Balaban J connectivity index is 0.00000306. The molecule has 0 radical (unpaired) electrons. The van der Waals surface area contributed by atoms with Crippen LogP contribution in [-0.4, -0.2) is 69.4 Å². The Bertz CT molecular complexity index is 1090. The van der Waals surface area contributed by atoms with E-state index in [-0.39, 0.29) is 23.8 Å². The van der Waals surface area contributed by atoms with E-state index < -0.39 is 5.82 Å². The van der Waals surface area contributed by atoms with Crippen LogP contribution in [0.5, 0.6) is 11.5 Å². The minimum absolute atomic E-state index is 0. The van der Waals surface area contributed by atoms with Crippen molar-refractivity contribution < 1.29 is 23.4 Å². The molecule has 1 saturated heterocycles. The summed E-state index contributed by atoms with van der Waals surface area (Å²) in [5.41, 5.74) is 0.647. The van der Waals surface area contributed by atoms with Crippen LogP contribution in [0.2, 0.25) is 0 Å². The Labute approximate surface area is 202 Å². The monoisotopic (exact) mass is 495 g/mol. The molecule has 33 heavy (non-hydrogen) atoms. The first-order chi connectivity index (χ1) is 15.6. The Morgan fingerprint density at radius 3 is 2.64 bits per heavy atom. The smallest absolute Gasteiger partial charge is 0.263 e. The number of amides is 1. The molecule has 0 saturated carbocycles. The third-order valence-corrected chi connectivity index (χ3v) is 6.47. The van der Waals surface area contributed by atoms with Crippen LogP contribution in [0.25, 0.3) is 10.2 Å². The average molecular weight is 496 g/mol. The Hall–Kier alpha value is -2.46. The van der Waals surface area contributed by atoms with Crippen LogP contribution < -0.4 is 14.4 Å². The van der Waals surface area contributed by atoms with Crippen molar-refractivity contribution >= 4 is 45.0 Å². The lowest BCUT2D eigenvalue weighted by Crippen LogP contribution is -2.39. The second-order valence-corrected chi connectivity index (χ2v) is 8.40. The molecule has 2 heterocycles. The molecule has 178 valence electrons. The highest BCUT2D eigenvalue weighted by Crippen LogP contribution is 2.35. The number of fused-ring (bicyclic) bond motifs is 1. The number of carbonyl (C=O) groups excluding carboxylic acids is 1. The summed E-state index contributed by atoms with van der Waals surface area (Å²) >= 11 is 1.30. The molecule has 1 aliphatic rings. The number of anilines is 1. The molecule has 0 aliphatic carbocycles. The number of thiazole rings is 1. The van der Waals surface area contributed by atoms with E-state index in [9.17, 15) is 9.18 Å². The minimum Gasteiger partial charge on any atom is -0.493 e. The van der Waals surface area contributed by atoms with Gasteiger partial charge in [-0.15, -0.1) is 12.4 Å². The molecule has 0 N–H and O–H groups in total. The highest BCUT2D eigenvalue weighted by Gasteiger charge is 2.26. The molecular weight excluding hydrogens is 469 g/mol. The van der Waals surface area contributed by atoms with E-state index >= 15 is 0 Å². The van der Waals surface area contributed by atoms with Crippen molar-refractivity contribution in [1.29, 1.82) is 0 Å². The van der Waals surface area contributed by atoms with Gasteiger partial charge in [0.2, 0.25) is 0 Å². The number of rotatable bonds is 8. The highest BCUT2D eigenvalue weighted by atomic mass is 35.5. The third kappa shape index (κ3) is 5.55. The van der Waals surface area contributed by atoms with Crippen LogP contribution in [-0.2, 0) is 4.74 Å². The van der Waals surface area contributed by atoms with Crippen LogP contribution in [0, 0.1) is 5.82 Å². The fraction of sp³-hybridized carbons (Fsp3) is 0.391. The standard InChI is InChI=1S/C23H26FN3O4S.ClH/c1-29-18-8-3-6-16(21(18)30-2)22(28)27(11-5-10-26-12-14-31-15-13-26)23-25-20-17(24)7-4-9-19(20)32-23;/h3-4,6-9H,5,10-15H2,1-2H3;1H. The summed E-state index contributed by atoms with van der Waals surface area (Å²) in [5, 5.41) is 0.460. The molecular formula is C23H27ClFN3O4S.